The van der Waals surface area contributed by atoms with Gasteiger partial charge in [0.05, 0.1) is 5.69 Å². The number of nitrogens with one attached hydrogen (secondary N) is 2. The van der Waals surface area contributed by atoms with Crippen molar-refractivity contribution in [3.63, 3.8) is 0 Å². The van der Waals surface area contributed by atoms with Gasteiger partial charge in [0.1, 0.15) is 0 Å². The number of hydrogen-bond donors (Lipinski definition) is 3. The van der Waals surface area contributed by atoms with E-state index in [2.05, 4.69) is 15.5 Å². The smallest absolute Gasteiger partial charge is 0.255 e. The molecule has 0 aliphatic carbocycles. The minimum Gasteiger partial charge on any atom is -0.399 e. The van der Waals surface area contributed by atoms with Gasteiger partial charge in [-0.15, -0.1) is 0 Å². The molecular formula is C16H14N4O. The second-order valence-electron chi connectivity index (χ2n) is 4.63. The number of carbonyl (C=O) groups is 1. The maximum atomic E-state index is 12.1. The van der Waals surface area contributed by atoms with E-state index in [0.29, 0.717) is 11.3 Å². The molecule has 104 valence electrons. The van der Waals surface area contributed by atoms with Gasteiger partial charge in [-0.3, -0.25) is 9.89 Å². The normalized spacial score (nSPS) is 10.3. The molecule has 0 spiro atoms. The van der Waals surface area contributed by atoms with Crippen molar-refractivity contribution in [2.75, 3.05) is 11.1 Å². The fourth-order valence-electron chi connectivity index (χ4n) is 2.03. The minimum atomic E-state index is -0.184. The molecule has 0 saturated heterocycles. The summed E-state index contributed by atoms with van der Waals surface area (Å²) in [5.41, 5.74) is 9.45. The molecule has 21 heavy (non-hydrogen) atoms. The average Bonchev–Trinajstić information content (AvgIpc) is 3.02. The molecule has 0 atom stereocenters. The number of nitrogens with two attached hydrogens (primary N) is 1. The number of aromatic nitrogens is 2. The highest BCUT2D eigenvalue weighted by Crippen LogP contribution is 2.19. The van der Waals surface area contributed by atoms with Gasteiger partial charge >= 0.3 is 0 Å². The van der Waals surface area contributed by atoms with Crippen LogP contribution in [0, 0.1) is 0 Å². The quantitative estimate of drug-likeness (QED) is 0.644. The summed E-state index contributed by atoms with van der Waals surface area (Å²) in [6, 6.07) is 16.3. The van der Waals surface area contributed by atoms with Gasteiger partial charge in [0.15, 0.2) is 0 Å². The highest BCUT2D eigenvalue weighted by Gasteiger charge is 2.06. The molecule has 0 aliphatic rings. The van der Waals surface area contributed by atoms with E-state index in [4.69, 9.17) is 5.73 Å². The number of aromatic amines is 1. The zero-order valence-electron chi connectivity index (χ0n) is 11.2. The van der Waals surface area contributed by atoms with Crippen molar-refractivity contribution in [2.45, 2.75) is 0 Å². The van der Waals surface area contributed by atoms with Crippen molar-refractivity contribution in [2.24, 2.45) is 0 Å². The van der Waals surface area contributed by atoms with Crippen LogP contribution in [0.1, 0.15) is 10.4 Å². The van der Waals surface area contributed by atoms with Crippen LogP contribution >= 0.6 is 0 Å². The summed E-state index contributed by atoms with van der Waals surface area (Å²) in [7, 11) is 0. The Morgan fingerprint density at radius 1 is 1.10 bits per heavy atom. The molecule has 4 N–H and O–H groups in total. The summed E-state index contributed by atoms with van der Waals surface area (Å²) < 4.78 is 0. The van der Waals surface area contributed by atoms with Crippen LogP contribution in [-0.2, 0) is 0 Å². The number of nitrogen functional groups attached to an aromatic ring is 1. The first-order valence-electron chi connectivity index (χ1n) is 6.49. The SMILES string of the molecule is Nc1cccc(C(=O)Nc2ccc(-c3ccn[nH]3)cc2)c1. The van der Waals surface area contributed by atoms with E-state index in [-0.39, 0.29) is 5.91 Å². The van der Waals surface area contributed by atoms with Crippen LogP contribution in [0.25, 0.3) is 11.3 Å². The molecule has 0 radical (unpaired) electrons. The van der Waals surface area contributed by atoms with Gasteiger partial charge in [-0.25, -0.2) is 0 Å². The van der Waals surface area contributed by atoms with Crippen LogP contribution in [0.3, 0.4) is 0 Å². The van der Waals surface area contributed by atoms with E-state index in [1.54, 1.807) is 30.5 Å². The molecule has 5 heteroatoms. The molecule has 0 bridgehead atoms. The van der Waals surface area contributed by atoms with E-state index in [1.807, 2.05) is 30.3 Å². The Labute approximate surface area is 121 Å². The molecule has 0 fully saturated rings. The largest absolute Gasteiger partial charge is 0.399 e. The van der Waals surface area contributed by atoms with E-state index in [1.165, 1.54) is 0 Å². The number of anilines is 2. The van der Waals surface area contributed by atoms with Gasteiger partial charge in [0, 0.05) is 23.1 Å². The van der Waals surface area contributed by atoms with Crippen molar-refractivity contribution in [1.82, 2.24) is 10.2 Å². The summed E-state index contributed by atoms with van der Waals surface area (Å²) in [5.74, 6) is -0.184. The summed E-state index contributed by atoms with van der Waals surface area (Å²) in [4.78, 5) is 12.1. The Morgan fingerprint density at radius 2 is 1.90 bits per heavy atom. The first-order chi connectivity index (χ1) is 10.2. The zero-order chi connectivity index (χ0) is 14.7. The lowest BCUT2D eigenvalue weighted by Gasteiger charge is -2.06. The van der Waals surface area contributed by atoms with Crippen molar-refractivity contribution in [1.29, 1.82) is 0 Å². The first-order valence-corrected chi connectivity index (χ1v) is 6.49. The van der Waals surface area contributed by atoms with Crippen molar-refractivity contribution in [3.05, 3.63) is 66.4 Å². The molecule has 3 aromatic rings. The lowest BCUT2D eigenvalue weighted by Crippen LogP contribution is -2.11. The third kappa shape index (κ3) is 2.92. The Hall–Kier alpha value is -3.08. The van der Waals surface area contributed by atoms with Crippen molar-refractivity contribution in [3.8, 4) is 11.3 Å². The summed E-state index contributed by atoms with van der Waals surface area (Å²) in [6.45, 7) is 0. The molecule has 1 heterocycles. The second kappa shape index (κ2) is 5.50. The number of carbonyl (C=O) groups excluding carboxylic acids is 1. The van der Waals surface area contributed by atoms with Crippen LogP contribution in [0.2, 0.25) is 0 Å². The highest BCUT2D eigenvalue weighted by molar-refractivity contribution is 6.04. The molecule has 0 saturated carbocycles. The number of nitrogens with zero attached hydrogens (tertiary/aromatic N) is 1. The van der Waals surface area contributed by atoms with Crippen molar-refractivity contribution >= 4 is 17.3 Å². The van der Waals surface area contributed by atoms with Gasteiger partial charge < -0.3 is 11.1 Å². The van der Waals surface area contributed by atoms with Crippen molar-refractivity contribution < 1.29 is 4.79 Å². The fraction of sp³-hybridized carbons (Fsp3) is 0. The topological polar surface area (TPSA) is 83.8 Å². The van der Waals surface area contributed by atoms with E-state index < -0.39 is 0 Å². The number of amides is 1. The van der Waals surface area contributed by atoms with E-state index in [0.717, 1.165) is 16.9 Å². The Bertz CT molecular complexity index is 748. The molecule has 0 aliphatic heterocycles. The van der Waals surface area contributed by atoms with Gasteiger partial charge in [-0.1, -0.05) is 18.2 Å². The zero-order valence-corrected chi connectivity index (χ0v) is 11.2. The monoisotopic (exact) mass is 278 g/mol. The number of rotatable bonds is 3. The lowest BCUT2D eigenvalue weighted by molar-refractivity contribution is 0.102. The standard InChI is InChI=1S/C16H14N4O/c17-13-3-1-2-12(10-13)16(21)19-14-6-4-11(5-7-14)15-8-9-18-20-15/h1-10H,17H2,(H,18,20)(H,19,21). The molecule has 5 nitrogen and oxygen atoms in total. The Kier molecular flexibility index (Phi) is 3.39. The van der Waals surface area contributed by atoms with Crippen LogP contribution in [0.15, 0.2) is 60.8 Å². The number of benzene rings is 2. The maximum Gasteiger partial charge on any atom is 0.255 e. The molecular weight excluding hydrogens is 264 g/mol. The first kappa shape index (κ1) is 12.9. The summed E-state index contributed by atoms with van der Waals surface area (Å²) >= 11 is 0. The van der Waals surface area contributed by atoms with Crippen LogP contribution in [0.4, 0.5) is 11.4 Å². The van der Waals surface area contributed by atoms with E-state index >= 15 is 0 Å². The molecule has 0 unspecified atom stereocenters. The van der Waals surface area contributed by atoms with Gasteiger partial charge in [-0.05, 0) is 42.0 Å². The van der Waals surface area contributed by atoms with Crippen LogP contribution < -0.4 is 11.1 Å². The third-order valence-electron chi connectivity index (χ3n) is 3.10. The average molecular weight is 278 g/mol. The predicted octanol–water partition coefficient (Wildman–Crippen LogP) is 2.91. The molecule has 1 aromatic heterocycles. The Balaban J connectivity index is 1.75. The van der Waals surface area contributed by atoms with Crippen LogP contribution in [0.5, 0.6) is 0 Å². The minimum absolute atomic E-state index is 0.184. The van der Waals surface area contributed by atoms with Gasteiger partial charge in [0.25, 0.3) is 5.91 Å². The van der Waals surface area contributed by atoms with Gasteiger partial charge in [-0.2, -0.15) is 5.10 Å². The van der Waals surface area contributed by atoms with E-state index in [9.17, 15) is 4.79 Å². The van der Waals surface area contributed by atoms with Crippen LogP contribution in [-0.4, -0.2) is 16.1 Å². The molecule has 1 amide bonds. The Morgan fingerprint density at radius 3 is 2.57 bits per heavy atom. The number of hydrogen-bond acceptors (Lipinski definition) is 3. The third-order valence-corrected chi connectivity index (χ3v) is 3.10. The summed E-state index contributed by atoms with van der Waals surface area (Å²) in [5, 5.41) is 9.64. The number of H-pyrrole nitrogens is 1. The second-order valence-corrected chi connectivity index (χ2v) is 4.63. The summed E-state index contributed by atoms with van der Waals surface area (Å²) in [6.07, 6.45) is 1.70. The molecule has 2 aromatic carbocycles. The predicted molar refractivity (Wildman–Crippen MR) is 82.8 cm³/mol. The fourth-order valence-corrected chi connectivity index (χ4v) is 2.03. The molecule has 3 rings (SSSR count). The lowest BCUT2D eigenvalue weighted by atomic mass is 10.1. The maximum absolute atomic E-state index is 12.1. The van der Waals surface area contributed by atoms with Gasteiger partial charge in [0.2, 0.25) is 0 Å². The highest BCUT2D eigenvalue weighted by atomic mass is 16.1.